The van der Waals surface area contributed by atoms with Crippen LogP contribution in [0.25, 0.3) is 0 Å². The number of carbonyl (C=O) groups is 1. The van der Waals surface area contributed by atoms with Crippen LogP contribution in [-0.4, -0.2) is 33.6 Å². The van der Waals surface area contributed by atoms with E-state index in [2.05, 4.69) is 43.4 Å². The van der Waals surface area contributed by atoms with E-state index in [1.54, 1.807) is 0 Å². The van der Waals surface area contributed by atoms with Crippen molar-refractivity contribution in [2.45, 2.75) is 37.7 Å². The summed E-state index contributed by atoms with van der Waals surface area (Å²) in [6.07, 6.45) is 0. The van der Waals surface area contributed by atoms with Gasteiger partial charge in [0.05, 0.1) is 0 Å². The monoisotopic (exact) mass is 391 g/mol. The number of esters is 1. The second-order valence-corrected chi connectivity index (χ2v) is 8.71. The Kier molecular flexibility index (Phi) is 7.51. The summed E-state index contributed by atoms with van der Waals surface area (Å²) in [5.74, 6) is -0.161. The molecule has 0 bridgehead atoms. The van der Waals surface area contributed by atoms with Crippen LogP contribution in [0.15, 0.2) is 60.7 Å². The Morgan fingerprint density at radius 2 is 1.62 bits per heavy atom. The molecule has 0 saturated carbocycles. The van der Waals surface area contributed by atoms with Gasteiger partial charge < -0.3 is 0 Å². The van der Waals surface area contributed by atoms with Crippen molar-refractivity contribution in [2.24, 2.45) is 0 Å². The van der Waals surface area contributed by atoms with Crippen molar-refractivity contribution in [3.05, 3.63) is 66.2 Å². The fourth-order valence-corrected chi connectivity index (χ4v) is 4.76. The van der Waals surface area contributed by atoms with Gasteiger partial charge in [0.1, 0.15) is 0 Å². The zero-order valence-corrected chi connectivity index (χ0v) is 16.2. The number of ether oxygens (including phenoxy) is 1. The van der Waals surface area contributed by atoms with E-state index in [0.717, 1.165) is 0 Å². The number of carbonyl (C=O) groups excluding carboxylic acids is 1. The third-order valence-electron chi connectivity index (χ3n) is 3.80. The van der Waals surface area contributed by atoms with E-state index in [4.69, 9.17) is 4.74 Å². The maximum atomic E-state index is 12.5. The molecule has 3 atom stereocenters. The summed E-state index contributed by atoms with van der Waals surface area (Å²) < 4.78 is 6.60. The fraction of sp³-hybridized carbons (Fsp3) is 0.350. The van der Waals surface area contributed by atoms with Gasteiger partial charge in [-0.3, -0.25) is 0 Å². The normalized spacial score (nSPS) is 14.6. The first kappa shape index (κ1) is 18.7. The molecule has 2 aromatic rings. The molecular weight excluding hydrogens is 365 g/mol. The van der Waals surface area contributed by atoms with Gasteiger partial charge in [0.15, 0.2) is 0 Å². The molecule has 0 spiro atoms. The van der Waals surface area contributed by atoms with Crippen LogP contribution >= 0.6 is 0 Å². The third-order valence-corrected chi connectivity index (χ3v) is 6.30. The number of hydrogen-bond donors (Lipinski definition) is 1. The van der Waals surface area contributed by atoms with Crippen LogP contribution in [0.3, 0.4) is 0 Å². The van der Waals surface area contributed by atoms with Gasteiger partial charge in [0.2, 0.25) is 0 Å². The zero-order valence-electron chi connectivity index (χ0n) is 14.4. The predicted octanol–water partition coefficient (Wildman–Crippen LogP) is 3.11. The summed E-state index contributed by atoms with van der Waals surface area (Å²) in [4.78, 5) is 12.7. The van der Waals surface area contributed by atoms with E-state index in [9.17, 15) is 4.79 Å². The zero-order chi connectivity index (χ0) is 17.4. The summed E-state index contributed by atoms with van der Waals surface area (Å²) in [5.41, 5.74) is 1.17. The van der Waals surface area contributed by atoms with Crippen molar-refractivity contribution in [3.63, 3.8) is 0 Å². The van der Waals surface area contributed by atoms with Gasteiger partial charge in [-0.25, -0.2) is 0 Å². The first-order valence-electron chi connectivity index (χ1n) is 8.31. The van der Waals surface area contributed by atoms with E-state index >= 15 is 0 Å². The average molecular weight is 390 g/mol. The standard InChI is InChI=1S/C20H25NO2Se/c1-4-23-20(22)19(16(3)24-18-13-9-6-10-14-18)21-15(2)17-11-7-5-8-12-17/h5-16,19,21H,4H2,1-3H3/t15-,16-,19+/m1/s1. The molecule has 0 amide bonds. The molecule has 0 aliphatic carbocycles. The minimum absolute atomic E-state index is 0.0922. The molecule has 0 fully saturated rings. The molecule has 4 heteroatoms. The summed E-state index contributed by atoms with van der Waals surface area (Å²) in [6.45, 7) is 6.47. The number of nitrogens with one attached hydrogen (secondary N) is 1. The van der Waals surface area contributed by atoms with Gasteiger partial charge in [-0.2, -0.15) is 0 Å². The Labute approximate surface area is 151 Å². The van der Waals surface area contributed by atoms with Gasteiger partial charge in [0.25, 0.3) is 0 Å². The number of benzene rings is 2. The van der Waals surface area contributed by atoms with Crippen LogP contribution in [-0.2, 0) is 9.53 Å². The Morgan fingerprint density at radius 1 is 1.04 bits per heavy atom. The van der Waals surface area contributed by atoms with Gasteiger partial charge >= 0.3 is 151 Å². The molecule has 0 aromatic heterocycles. The summed E-state index contributed by atoms with van der Waals surface area (Å²) in [7, 11) is 0. The molecule has 128 valence electrons. The molecule has 0 aliphatic rings. The molecule has 2 aromatic carbocycles. The summed E-state index contributed by atoms with van der Waals surface area (Å²) >= 11 is 0.197. The van der Waals surface area contributed by atoms with Crippen molar-refractivity contribution in [1.29, 1.82) is 0 Å². The second-order valence-electron chi connectivity index (χ2n) is 5.66. The third kappa shape index (κ3) is 5.48. The van der Waals surface area contributed by atoms with Gasteiger partial charge in [0, 0.05) is 0 Å². The topological polar surface area (TPSA) is 38.3 Å². The first-order valence-corrected chi connectivity index (χ1v) is 10.2. The first-order chi connectivity index (χ1) is 11.6. The molecule has 3 nitrogen and oxygen atoms in total. The van der Waals surface area contributed by atoms with Gasteiger partial charge in [-0.05, 0) is 0 Å². The van der Waals surface area contributed by atoms with Gasteiger partial charge in [-0.1, -0.05) is 0 Å². The number of hydrogen-bond acceptors (Lipinski definition) is 3. The van der Waals surface area contributed by atoms with Crippen LogP contribution in [0.2, 0.25) is 4.82 Å². The average Bonchev–Trinajstić information content (AvgIpc) is 2.61. The molecular formula is C20H25NO2Se. The van der Waals surface area contributed by atoms with Crippen LogP contribution < -0.4 is 9.78 Å². The Hall–Kier alpha value is -1.61. The van der Waals surface area contributed by atoms with E-state index in [0.29, 0.717) is 6.61 Å². The SMILES string of the molecule is CCOC(=O)[C@@H](N[C@H](C)c1ccccc1)[C@@H](C)[Se]c1ccccc1. The van der Waals surface area contributed by atoms with E-state index in [1.807, 2.05) is 43.3 Å². The van der Waals surface area contributed by atoms with Gasteiger partial charge in [-0.15, -0.1) is 0 Å². The van der Waals surface area contributed by atoms with Crippen LogP contribution in [0.5, 0.6) is 0 Å². The second kappa shape index (κ2) is 9.63. The molecule has 24 heavy (non-hydrogen) atoms. The van der Waals surface area contributed by atoms with E-state index < -0.39 is 0 Å². The van der Waals surface area contributed by atoms with Crippen molar-refractivity contribution in [2.75, 3.05) is 6.61 Å². The molecule has 0 aliphatic heterocycles. The van der Waals surface area contributed by atoms with Crippen LogP contribution in [0.4, 0.5) is 0 Å². The molecule has 0 radical (unpaired) electrons. The fourth-order valence-electron chi connectivity index (χ4n) is 2.52. The minimum atomic E-state index is -0.305. The van der Waals surface area contributed by atoms with Crippen molar-refractivity contribution >= 4 is 25.4 Å². The molecule has 2 rings (SSSR count). The van der Waals surface area contributed by atoms with Crippen molar-refractivity contribution < 1.29 is 9.53 Å². The van der Waals surface area contributed by atoms with E-state index in [-0.39, 0.29) is 37.8 Å². The Balaban J connectivity index is 2.10. The van der Waals surface area contributed by atoms with Crippen molar-refractivity contribution in [3.8, 4) is 0 Å². The summed E-state index contributed by atoms with van der Waals surface area (Å²) in [5, 5.41) is 3.48. The predicted molar refractivity (Wildman–Crippen MR) is 99.7 cm³/mol. The number of rotatable bonds is 8. The van der Waals surface area contributed by atoms with Crippen molar-refractivity contribution in [1.82, 2.24) is 5.32 Å². The van der Waals surface area contributed by atoms with E-state index in [1.165, 1.54) is 10.0 Å². The van der Waals surface area contributed by atoms with Crippen LogP contribution in [0.1, 0.15) is 32.4 Å². The molecule has 0 saturated heterocycles. The summed E-state index contributed by atoms with van der Waals surface area (Å²) in [6, 6.07) is 20.3. The quantitative estimate of drug-likeness (QED) is 0.556. The van der Waals surface area contributed by atoms with Crippen LogP contribution in [0, 0.1) is 0 Å². The molecule has 0 unspecified atom stereocenters. The Morgan fingerprint density at radius 3 is 2.21 bits per heavy atom. The Bertz CT molecular complexity index is 618. The molecule has 1 N–H and O–H groups in total. The molecule has 0 heterocycles. The maximum absolute atomic E-state index is 12.5.